The van der Waals surface area contributed by atoms with Crippen molar-refractivity contribution in [2.45, 2.75) is 37.1 Å². The van der Waals surface area contributed by atoms with Crippen LogP contribution in [-0.2, 0) is 11.3 Å². The summed E-state index contributed by atoms with van der Waals surface area (Å²) in [7, 11) is 0. The molecule has 1 fully saturated rings. The quantitative estimate of drug-likeness (QED) is 0.482. The molecule has 0 radical (unpaired) electrons. The minimum atomic E-state index is -0.0273. The Morgan fingerprint density at radius 1 is 1.45 bits per heavy atom. The molecule has 1 atom stereocenters. The number of nitriles is 1. The number of fused-ring (bicyclic) bond motifs is 1. The Morgan fingerprint density at radius 2 is 2.32 bits per heavy atom. The highest BCUT2D eigenvalue weighted by Crippen LogP contribution is 2.21. The van der Waals surface area contributed by atoms with E-state index in [2.05, 4.69) is 11.1 Å². The van der Waals surface area contributed by atoms with Crippen molar-refractivity contribution in [3.8, 4) is 6.07 Å². The number of benzene rings is 1. The number of rotatable bonds is 5. The normalized spacial score (nSPS) is 17.7. The highest BCUT2D eigenvalue weighted by Gasteiger charge is 2.20. The van der Waals surface area contributed by atoms with Crippen LogP contribution in [0.2, 0.25) is 0 Å². The van der Waals surface area contributed by atoms with Gasteiger partial charge in [0.05, 0.1) is 29.6 Å². The highest BCUT2D eigenvalue weighted by atomic mass is 32.2. The summed E-state index contributed by atoms with van der Waals surface area (Å²) >= 11 is 1.46. The molecule has 3 rings (SSSR count). The maximum absolute atomic E-state index is 12.8. The molecule has 0 spiro atoms. The second-order valence-electron chi connectivity index (χ2n) is 5.22. The molecule has 1 saturated heterocycles. The third-order valence-electron chi connectivity index (χ3n) is 3.68. The molecule has 0 aliphatic carbocycles. The standard InChI is InChI=1S/C16H17N3O2S/c17-8-4-10-22-16-18-14-7-2-1-6-13(14)15(20)19(16)11-12-5-3-9-21-12/h1-2,6-7,12H,3-5,9-11H2/t12-/m0/s1. The van der Waals surface area contributed by atoms with Crippen LogP contribution in [0.1, 0.15) is 19.3 Å². The van der Waals surface area contributed by atoms with Gasteiger partial charge in [-0.15, -0.1) is 0 Å². The lowest BCUT2D eigenvalue weighted by Crippen LogP contribution is -2.28. The van der Waals surface area contributed by atoms with Crippen LogP contribution in [0.25, 0.3) is 10.9 Å². The van der Waals surface area contributed by atoms with E-state index in [1.165, 1.54) is 11.8 Å². The van der Waals surface area contributed by atoms with Crippen molar-refractivity contribution >= 4 is 22.7 Å². The van der Waals surface area contributed by atoms with Crippen LogP contribution < -0.4 is 5.56 Å². The van der Waals surface area contributed by atoms with Gasteiger partial charge in [-0.25, -0.2) is 4.98 Å². The van der Waals surface area contributed by atoms with Gasteiger partial charge in [0.25, 0.3) is 5.56 Å². The number of thioether (sulfide) groups is 1. The first-order valence-corrected chi connectivity index (χ1v) is 8.39. The number of hydrogen-bond acceptors (Lipinski definition) is 5. The number of aromatic nitrogens is 2. The largest absolute Gasteiger partial charge is 0.376 e. The second kappa shape index (κ2) is 6.95. The summed E-state index contributed by atoms with van der Waals surface area (Å²) in [6.45, 7) is 1.29. The monoisotopic (exact) mass is 315 g/mol. The third kappa shape index (κ3) is 3.16. The molecular weight excluding hydrogens is 298 g/mol. The number of para-hydroxylation sites is 1. The molecule has 1 aromatic heterocycles. The Kier molecular flexibility index (Phi) is 4.76. The fourth-order valence-corrected chi connectivity index (χ4v) is 3.45. The molecular formula is C16H17N3O2S. The third-order valence-corrected chi connectivity index (χ3v) is 4.66. The Hall–Kier alpha value is -1.84. The predicted molar refractivity (Wildman–Crippen MR) is 85.9 cm³/mol. The minimum absolute atomic E-state index is 0.0273. The Balaban J connectivity index is 2.00. The van der Waals surface area contributed by atoms with E-state index in [-0.39, 0.29) is 11.7 Å². The molecule has 22 heavy (non-hydrogen) atoms. The van der Waals surface area contributed by atoms with Gasteiger partial charge in [0.1, 0.15) is 0 Å². The van der Waals surface area contributed by atoms with Crippen LogP contribution in [-0.4, -0.2) is 28.0 Å². The van der Waals surface area contributed by atoms with E-state index in [4.69, 9.17) is 10.00 Å². The fraction of sp³-hybridized carbons (Fsp3) is 0.438. The Morgan fingerprint density at radius 3 is 3.09 bits per heavy atom. The summed E-state index contributed by atoms with van der Waals surface area (Å²) in [5.74, 6) is 0.632. The SMILES string of the molecule is N#CCCSc1nc2ccccc2c(=O)n1C[C@@H]1CCCO1. The molecule has 0 bridgehead atoms. The smallest absolute Gasteiger partial charge is 0.262 e. The molecule has 0 saturated carbocycles. The van der Waals surface area contributed by atoms with E-state index in [9.17, 15) is 4.79 Å². The lowest BCUT2D eigenvalue weighted by Gasteiger charge is -2.16. The van der Waals surface area contributed by atoms with Crippen LogP contribution in [0.4, 0.5) is 0 Å². The second-order valence-corrected chi connectivity index (χ2v) is 6.28. The maximum atomic E-state index is 12.8. The van der Waals surface area contributed by atoms with E-state index in [0.29, 0.717) is 34.8 Å². The van der Waals surface area contributed by atoms with E-state index in [1.807, 2.05) is 18.2 Å². The van der Waals surface area contributed by atoms with Crippen molar-refractivity contribution < 1.29 is 4.74 Å². The number of ether oxygens (including phenoxy) is 1. The average Bonchev–Trinajstić information content (AvgIpc) is 3.04. The zero-order valence-corrected chi connectivity index (χ0v) is 13.0. The summed E-state index contributed by atoms with van der Waals surface area (Å²) in [5, 5.41) is 10.0. The molecule has 1 aliphatic rings. The molecule has 0 unspecified atom stereocenters. The summed E-state index contributed by atoms with van der Waals surface area (Å²) in [4.78, 5) is 17.4. The molecule has 0 amide bonds. The molecule has 2 heterocycles. The first-order chi connectivity index (χ1) is 10.8. The molecule has 1 aromatic carbocycles. The topological polar surface area (TPSA) is 67.9 Å². The van der Waals surface area contributed by atoms with E-state index >= 15 is 0 Å². The summed E-state index contributed by atoms with van der Waals surface area (Å²) < 4.78 is 7.36. The average molecular weight is 315 g/mol. The van der Waals surface area contributed by atoms with Crippen molar-refractivity contribution in [2.75, 3.05) is 12.4 Å². The zero-order chi connectivity index (χ0) is 15.4. The van der Waals surface area contributed by atoms with Crippen LogP contribution in [0.5, 0.6) is 0 Å². The zero-order valence-electron chi connectivity index (χ0n) is 12.2. The summed E-state index contributed by atoms with van der Waals surface area (Å²) in [6, 6.07) is 9.51. The first-order valence-electron chi connectivity index (χ1n) is 7.40. The molecule has 5 nitrogen and oxygen atoms in total. The molecule has 1 aliphatic heterocycles. The van der Waals surface area contributed by atoms with Crippen molar-refractivity contribution in [3.05, 3.63) is 34.6 Å². The maximum Gasteiger partial charge on any atom is 0.262 e. The van der Waals surface area contributed by atoms with Gasteiger partial charge in [-0.2, -0.15) is 5.26 Å². The van der Waals surface area contributed by atoms with E-state index < -0.39 is 0 Å². The fourth-order valence-electron chi connectivity index (χ4n) is 2.60. The van der Waals surface area contributed by atoms with Crippen LogP contribution in [0.15, 0.2) is 34.2 Å². The van der Waals surface area contributed by atoms with Crippen LogP contribution in [0.3, 0.4) is 0 Å². The van der Waals surface area contributed by atoms with Gasteiger partial charge >= 0.3 is 0 Å². The molecule has 114 valence electrons. The van der Waals surface area contributed by atoms with Gasteiger partial charge in [-0.3, -0.25) is 9.36 Å². The van der Waals surface area contributed by atoms with E-state index in [0.717, 1.165) is 19.4 Å². The minimum Gasteiger partial charge on any atom is -0.376 e. The molecule has 2 aromatic rings. The molecule has 0 N–H and O–H groups in total. The van der Waals surface area contributed by atoms with Gasteiger partial charge in [-0.05, 0) is 25.0 Å². The van der Waals surface area contributed by atoms with Gasteiger partial charge in [0.2, 0.25) is 0 Å². The summed E-state index contributed by atoms with van der Waals surface area (Å²) in [5.41, 5.74) is 0.677. The Labute approximate surface area is 132 Å². The highest BCUT2D eigenvalue weighted by molar-refractivity contribution is 7.99. The van der Waals surface area contributed by atoms with Gasteiger partial charge < -0.3 is 4.74 Å². The van der Waals surface area contributed by atoms with Crippen molar-refractivity contribution in [1.82, 2.24) is 9.55 Å². The lowest BCUT2D eigenvalue weighted by molar-refractivity contribution is 0.0937. The van der Waals surface area contributed by atoms with Gasteiger partial charge in [0.15, 0.2) is 5.16 Å². The van der Waals surface area contributed by atoms with Crippen LogP contribution >= 0.6 is 11.8 Å². The van der Waals surface area contributed by atoms with Gasteiger partial charge in [-0.1, -0.05) is 23.9 Å². The lowest BCUT2D eigenvalue weighted by atomic mass is 10.2. The summed E-state index contributed by atoms with van der Waals surface area (Å²) in [6.07, 6.45) is 2.53. The number of nitrogens with zero attached hydrogens (tertiary/aromatic N) is 3. The first kappa shape index (κ1) is 15.1. The van der Waals surface area contributed by atoms with Crippen molar-refractivity contribution in [2.24, 2.45) is 0 Å². The molecule has 6 heteroatoms. The van der Waals surface area contributed by atoms with E-state index in [1.54, 1.807) is 10.6 Å². The number of hydrogen-bond donors (Lipinski definition) is 0. The van der Waals surface area contributed by atoms with Crippen molar-refractivity contribution in [3.63, 3.8) is 0 Å². The predicted octanol–water partition coefficient (Wildman–Crippen LogP) is 2.58. The van der Waals surface area contributed by atoms with Crippen LogP contribution in [0, 0.1) is 11.3 Å². The Bertz CT molecular complexity index is 760. The van der Waals surface area contributed by atoms with Gasteiger partial charge in [0, 0.05) is 18.8 Å². The van der Waals surface area contributed by atoms with Crippen molar-refractivity contribution in [1.29, 1.82) is 5.26 Å².